The smallest absolute Gasteiger partial charge is 0.312 e. The second-order valence-electron chi connectivity index (χ2n) is 10.4. The topological polar surface area (TPSA) is 109 Å². The Morgan fingerprint density at radius 3 is 2.66 bits per heavy atom. The van der Waals surface area contributed by atoms with Gasteiger partial charge in [-0.05, 0) is 25.7 Å². The molecule has 0 aromatic rings. The van der Waals surface area contributed by atoms with Crippen molar-refractivity contribution in [3.05, 3.63) is 25.3 Å². The number of carbonyl (C=O) groups is 3. The number of aliphatic hydroxyl groups excluding tert-OH is 1. The monoisotopic (exact) mass is 597 g/mol. The second kappa shape index (κ2) is 13.0. The molecule has 4 aliphatic rings. The lowest BCUT2D eigenvalue weighted by atomic mass is 9.70. The summed E-state index contributed by atoms with van der Waals surface area (Å²) in [5.74, 6) is -2.49. The first-order chi connectivity index (χ1) is 18.4. The molecular formula is C27H40BrN3O7. The Bertz CT molecular complexity index is 898. The Labute approximate surface area is 233 Å². The van der Waals surface area contributed by atoms with E-state index in [-0.39, 0.29) is 29.9 Å². The van der Waals surface area contributed by atoms with Crippen LogP contribution in [0.15, 0.2) is 25.3 Å². The van der Waals surface area contributed by atoms with Crippen LogP contribution in [0.3, 0.4) is 0 Å². The largest absolute Gasteiger partial charge is 0.465 e. The Hall–Kier alpha value is -1.79. The molecule has 4 heterocycles. The number of morpholine rings is 1. The van der Waals surface area contributed by atoms with Gasteiger partial charge < -0.3 is 29.1 Å². The molecule has 4 rings (SSSR count). The third-order valence-corrected chi connectivity index (χ3v) is 8.96. The van der Waals surface area contributed by atoms with Crippen molar-refractivity contribution in [2.75, 3.05) is 65.7 Å². The average molecular weight is 599 g/mol. The minimum absolute atomic E-state index is 0.00233. The van der Waals surface area contributed by atoms with Gasteiger partial charge in [-0.3, -0.25) is 19.3 Å². The average Bonchev–Trinajstić information content (AvgIpc) is 3.50. The van der Waals surface area contributed by atoms with E-state index in [9.17, 15) is 19.5 Å². The molecule has 2 amide bonds. The highest BCUT2D eigenvalue weighted by Crippen LogP contribution is 2.60. The standard InChI is InChI=1S/C27H40BrN3O7/c1-3-5-15-37-26(35)20-21-24(33)31(9-6-7-14-32)23(27(21)18-19(28)22(20)38-27)25(34)30(8-4-2)11-10-29-12-16-36-17-13-29/h3-4,19-23,32H,1-2,5-18H2/t19?,20-,21+,22-,23?,27?/m1/s1. The third-order valence-electron chi connectivity index (χ3n) is 8.12. The van der Waals surface area contributed by atoms with Crippen molar-refractivity contribution in [3.8, 4) is 0 Å². The summed E-state index contributed by atoms with van der Waals surface area (Å²) < 4.78 is 17.5. The van der Waals surface area contributed by atoms with Crippen molar-refractivity contribution in [1.82, 2.24) is 14.7 Å². The highest BCUT2D eigenvalue weighted by atomic mass is 79.9. The third kappa shape index (κ3) is 5.58. The fourth-order valence-electron chi connectivity index (χ4n) is 6.36. The van der Waals surface area contributed by atoms with Crippen LogP contribution in [0.4, 0.5) is 0 Å². The Kier molecular flexibility index (Phi) is 10.0. The van der Waals surface area contributed by atoms with E-state index in [1.807, 2.05) is 0 Å². The summed E-state index contributed by atoms with van der Waals surface area (Å²) >= 11 is 3.68. The van der Waals surface area contributed by atoms with Crippen LogP contribution in [0.1, 0.15) is 25.7 Å². The minimum Gasteiger partial charge on any atom is -0.465 e. The van der Waals surface area contributed by atoms with Gasteiger partial charge in [0.2, 0.25) is 11.8 Å². The van der Waals surface area contributed by atoms with Gasteiger partial charge in [0.1, 0.15) is 11.6 Å². The van der Waals surface area contributed by atoms with Gasteiger partial charge in [-0.2, -0.15) is 0 Å². The number of halogens is 1. The summed E-state index contributed by atoms with van der Waals surface area (Å²) in [6.45, 7) is 12.5. The fourth-order valence-corrected chi connectivity index (χ4v) is 7.30. The molecule has 10 nitrogen and oxygen atoms in total. The van der Waals surface area contributed by atoms with Gasteiger partial charge in [-0.1, -0.05) is 28.1 Å². The molecule has 1 spiro atoms. The quantitative estimate of drug-likeness (QED) is 0.137. The highest BCUT2D eigenvalue weighted by Gasteiger charge is 2.77. The maximum Gasteiger partial charge on any atom is 0.312 e. The van der Waals surface area contributed by atoms with Crippen molar-refractivity contribution < 1.29 is 33.7 Å². The first-order valence-corrected chi connectivity index (χ1v) is 14.5. The number of unbranched alkanes of at least 4 members (excludes halogenated alkanes) is 1. The van der Waals surface area contributed by atoms with Crippen molar-refractivity contribution in [2.45, 2.75) is 48.3 Å². The lowest BCUT2D eigenvalue weighted by Crippen LogP contribution is -2.57. The Balaban J connectivity index is 1.61. The van der Waals surface area contributed by atoms with Crippen molar-refractivity contribution >= 4 is 33.7 Å². The van der Waals surface area contributed by atoms with Crippen LogP contribution >= 0.6 is 15.9 Å². The van der Waals surface area contributed by atoms with Gasteiger partial charge in [0, 0.05) is 50.7 Å². The predicted molar refractivity (Wildman–Crippen MR) is 144 cm³/mol. The zero-order valence-corrected chi connectivity index (χ0v) is 23.6. The molecule has 2 bridgehead atoms. The Morgan fingerprint density at radius 1 is 1.21 bits per heavy atom. The first kappa shape index (κ1) is 29.2. The van der Waals surface area contributed by atoms with Crippen molar-refractivity contribution in [1.29, 1.82) is 0 Å². The zero-order valence-electron chi connectivity index (χ0n) is 22.0. The van der Waals surface area contributed by atoms with Crippen LogP contribution in [-0.2, 0) is 28.6 Å². The van der Waals surface area contributed by atoms with Crippen LogP contribution < -0.4 is 0 Å². The minimum atomic E-state index is -1.12. The number of amides is 2. The molecule has 4 fully saturated rings. The fraction of sp³-hybridized carbons (Fsp3) is 0.741. The summed E-state index contributed by atoms with van der Waals surface area (Å²) in [5, 5.41) is 9.35. The van der Waals surface area contributed by atoms with Crippen molar-refractivity contribution in [2.24, 2.45) is 11.8 Å². The van der Waals surface area contributed by atoms with E-state index in [1.54, 1.807) is 22.0 Å². The molecule has 1 N–H and O–H groups in total. The summed E-state index contributed by atoms with van der Waals surface area (Å²) in [6, 6.07) is -0.862. The summed E-state index contributed by atoms with van der Waals surface area (Å²) in [7, 11) is 0. The number of alkyl halides is 1. The number of hydrogen-bond donors (Lipinski definition) is 1. The zero-order chi connectivity index (χ0) is 27.3. The molecular weight excluding hydrogens is 558 g/mol. The van der Waals surface area contributed by atoms with Crippen LogP contribution in [-0.4, -0.2) is 126 Å². The van der Waals surface area contributed by atoms with Gasteiger partial charge >= 0.3 is 5.97 Å². The molecule has 0 aliphatic carbocycles. The summed E-state index contributed by atoms with van der Waals surface area (Å²) in [4.78, 5) is 46.9. The number of ether oxygens (including phenoxy) is 3. The number of likely N-dealkylation sites (tertiary alicyclic amines) is 1. The van der Waals surface area contributed by atoms with E-state index in [0.29, 0.717) is 65.1 Å². The maximum atomic E-state index is 14.3. The van der Waals surface area contributed by atoms with E-state index >= 15 is 0 Å². The molecule has 4 aliphatic heterocycles. The molecule has 0 saturated carbocycles. The van der Waals surface area contributed by atoms with E-state index in [0.717, 1.165) is 13.1 Å². The molecule has 4 saturated heterocycles. The predicted octanol–water partition coefficient (Wildman–Crippen LogP) is 0.973. The second-order valence-corrected chi connectivity index (χ2v) is 11.6. The normalized spacial score (nSPS) is 32.3. The summed E-state index contributed by atoms with van der Waals surface area (Å²) in [6.07, 6.45) is 4.83. The molecule has 11 heteroatoms. The van der Waals surface area contributed by atoms with Gasteiger partial charge in [0.05, 0.1) is 37.8 Å². The summed E-state index contributed by atoms with van der Waals surface area (Å²) in [5.41, 5.74) is -1.12. The SMILES string of the molecule is C=CCCOC(=O)[C@H]1[C@@H]2OC3(CC2Br)C(C(=O)N(CC=C)CCN2CCOCC2)N(CCCCO)C(=O)[C@H]13. The van der Waals surface area contributed by atoms with Crippen LogP contribution in [0, 0.1) is 11.8 Å². The molecule has 38 heavy (non-hydrogen) atoms. The van der Waals surface area contributed by atoms with Gasteiger partial charge in [-0.25, -0.2) is 0 Å². The van der Waals surface area contributed by atoms with Gasteiger partial charge in [-0.15, -0.1) is 13.2 Å². The van der Waals surface area contributed by atoms with Crippen molar-refractivity contribution in [3.63, 3.8) is 0 Å². The highest BCUT2D eigenvalue weighted by molar-refractivity contribution is 9.09. The number of esters is 1. The van der Waals surface area contributed by atoms with Gasteiger partial charge in [0.15, 0.2) is 0 Å². The molecule has 6 atom stereocenters. The van der Waals surface area contributed by atoms with Crippen LogP contribution in [0.2, 0.25) is 0 Å². The number of fused-ring (bicyclic) bond motifs is 1. The van der Waals surface area contributed by atoms with E-state index in [1.165, 1.54) is 0 Å². The number of rotatable bonds is 14. The molecule has 0 aromatic heterocycles. The first-order valence-electron chi connectivity index (χ1n) is 13.6. The molecule has 3 unspecified atom stereocenters. The Morgan fingerprint density at radius 2 is 1.97 bits per heavy atom. The number of aliphatic hydroxyl groups is 1. The maximum absolute atomic E-state index is 14.3. The molecule has 0 aromatic carbocycles. The number of carbonyl (C=O) groups excluding carboxylic acids is 3. The van der Waals surface area contributed by atoms with Crippen LogP contribution in [0.25, 0.3) is 0 Å². The lowest BCUT2D eigenvalue weighted by Gasteiger charge is -2.38. The molecule has 0 radical (unpaired) electrons. The number of hydrogen-bond acceptors (Lipinski definition) is 8. The number of nitrogens with zero attached hydrogens (tertiary/aromatic N) is 3. The van der Waals surface area contributed by atoms with E-state index in [4.69, 9.17) is 14.2 Å². The van der Waals surface area contributed by atoms with E-state index < -0.39 is 35.6 Å². The lowest BCUT2D eigenvalue weighted by molar-refractivity contribution is -0.155. The van der Waals surface area contributed by atoms with Gasteiger partial charge in [0.25, 0.3) is 0 Å². The van der Waals surface area contributed by atoms with Crippen LogP contribution in [0.5, 0.6) is 0 Å². The molecule has 212 valence electrons. The van der Waals surface area contributed by atoms with E-state index in [2.05, 4.69) is 34.0 Å².